The molecule has 1 saturated carbocycles. The van der Waals surface area contributed by atoms with Gasteiger partial charge < -0.3 is 20.3 Å². The molecule has 1 aromatic carbocycles. The SMILES string of the molecule is CCOC(=O)C1CNC2(C1)CC(N1CCC(C3NCc4ccccc43)CC1)C2.Cl. The molecule has 1 aliphatic carbocycles. The average molecular weight is 420 g/mol. The van der Waals surface area contributed by atoms with Gasteiger partial charge in [-0.2, -0.15) is 0 Å². The number of hydrogen-bond donors (Lipinski definition) is 2. The number of hydrogen-bond acceptors (Lipinski definition) is 5. The van der Waals surface area contributed by atoms with E-state index < -0.39 is 0 Å². The van der Waals surface area contributed by atoms with Crippen molar-refractivity contribution >= 4 is 18.4 Å². The van der Waals surface area contributed by atoms with Crippen molar-refractivity contribution in [3.05, 3.63) is 35.4 Å². The van der Waals surface area contributed by atoms with Gasteiger partial charge in [-0.05, 0) is 69.2 Å². The first-order valence-electron chi connectivity index (χ1n) is 11.1. The lowest BCUT2D eigenvalue weighted by molar-refractivity contribution is -0.147. The molecule has 2 unspecified atom stereocenters. The number of rotatable bonds is 4. The van der Waals surface area contributed by atoms with Crippen molar-refractivity contribution in [1.29, 1.82) is 0 Å². The van der Waals surface area contributed by atoms with Gasteiger partial charge in [-0.1, -0.05) is 24.3 Å². The number of halogens is 1. The fourth-order valence-electron chi connectivity index (χ4n) is 6.16. The summed E-state index contributed by atoms with van der Waals surface area (Å²) < 4.78 is 5.22. The van der Waals surface area contributed by atoms with Crippen molar-refractivity contribution in [2.24, 2.45) is 11.8 Å². The molecule has 2 N–H and O–H groups in total. The van der Waals surface area contributed by atoms with E-state index in [1.165, 1.54) is 49.9 Å². The highest BCUT2D eigenvalue weighted by molar-refractivity contribution is 5.85. The minimum atomic E-state index is -0.0134. The van der Waals surface area contributed by atoms with E-state index in [1.54, 1.807) is 0 Å². The largest absolute Gasteiger partial charge is 0.466 e. The van der Waals surface area contributed by atoms with Gasteiger partial charge in [0.15, 0.2) is 0 Å². The summed E-state index contributed by atoms with van der Waals surface area (Å²) in [7, 11) is 0. The number of ether oxygens (including phenoxy) is 1. The number of carbonyl (C=O) groups is 1. The molecule has 3 heterocycles. The highest BCUT2D eigenvalue weighted by Gasteiger charge is 2.52. The van der Waals surface area contributed by atoms with Crippen molar-refractivity contribution in [3.8, 4) is 0 Å². The van der Waals surface area contributed by atoms with Gasteiger partial charge in [0.1, 0.15) is 0 Å². The first-order chi connectivity index (χ1) is 13.7. The van der Waals surface area contributed by atoms with Crippen molar-refractivity contribution in [1.82, 2.24) is 15.5 Å². The second-order valence-electron chi connectivity index (χ2n) is 9.31. The number of esters is 1. The number of piperidine rings is 1. The number of likely N-dealkylation sites (tertiary alicyclic amines) is 1. The van der Waals surface area contributed by atoms with Gasteiger partial charge in [0.2, 0.25) is 0 Å². The summed E-state index contributed by atoms with van der Waals surface area (Å²) in [5.41, 5.74) is 3.22. The molecule has 6 heteroatoms. The number of carbonyl (C=O) groups excluding carboxylic acids is 1. The molecule has 160 valence electrons. The maximum atomic E-state index is 12.0. The van der Waals surface area contributed by atoms with Gasteiger partial charge in [-0.25, -0.2) is 0 Å². The molecule has 1 spiro atoms. The fraction of sp³-hybridized carbons (Fsp3) is 0.696. The molecule has 4 aliphatic rings. The third kappa shape index (κ3) is 3.95. The predicted octanol–water partition coefficient (Wildman–Crippen LogP) is 3.04. The zero-order valence-corrected chi connectivity index (χ0v) is 18.2. The van der Waals surface area contributed by atoms with Crippen molar-refractivity contribution in [2.45, 2.75) is 63.2 Å². The second-order valence-corrected chi connectivity index (χ2v) is 9.31. The van der Waals surface area contributed by atoms with Crippen LogP contribution in [0.1, 0.15) is 56.2 Å². The van der Waals surface area contributed by atoms with Crippen LogP contribution in [0.5, 0.6) is 0 Å². The van der Waals surface area contributed by atoms with E-state index in [2.05, 4.69) is 39.8 Å². The maximum absolute atomic E-state index is 12.0. The Balaban J connectivity index is 0.00000205. The molecule has 3 fully saturated rings. The summed E-state index contributed by atoms with van der Waals surface area (Å²) in [5, 5.41) is 7.41. The third-order valence-corrected chi connectivity index (χ3v) is 7.70. The van der Waals surface area contributed by atoms with Gasteiger partial charge in [-0.15, -0.1) is 12.4 Å². The van der Waals surface area contributed by atoms with Crippen LogP contribution in [-0.2, 0) is 16.1 Å². The Morgan fingerprint density at radius 2 is 1.97 bits per heavy atom. The van der Waals surface area contributed by atoms with Crippen LogP contribution >= 0.6 is 12.4 Å². The fourth-order valence-corrected chi connectivity index (χ4v) is 6.16. The van der Waals surface area contributed by atoms with Crippen LogP contribution in [-0.4, -0.2) is 48.7 Å². The van der Waals surface area contributed by atoms with Gasteiger partial charge in [0.05, 0.1) is 12.5 Å². The average Bonchev–Trinajstić information content (AvgIpc) is 3.32. The summed E-state index contributed by atoms with van der Waals surface area (Å²) >= 11 is 0. The molecule has 5 rings (SSSR count). The quantitative estimate of drug-likeness (QED) is 0.734. The van der Waals surface area contributed by atoms with Gasteiger partial charge in [-0.3, -0.25) is 4.79 Å². The lowest BCUT2D eigenvalue weighted by Crippen LogP contribution is -2.61. The Kier molecular flexibility index (Phi) is 6.22. The van der Waals surface area contributed by atoms with Gasteiger partial charge in [0, 0.05) is 30.7 Å². The first kappa shape index (κ1) is 21.1. The summed E-state index contributed by atoms with van der Waals surface area (Å²) in [6, 6.07) is 10.2. The molecule has 0 amide bonds. The maximum Gasteiger partial charge on any atom is 0.310 e. The summed E-state index contributed by atoms with van der Waals surface area (Å²) in [6.45, 7) is 6.62. The molecule has 0 radical (unpaired) electrons. The molecular formula is C23H34ClN3O2. The smallest absolute Gasteiger partial charge is 0.310 e. The Morgan fingerprint density at radius 1 is 1.21 bits per heavy atom. The summed E-state index contributed by atoms with van der Waals surface area (Å²) in [4.78, 5) is 14.7. The van der Waals surface area contributed by atoms with Crippen LogP contribution in [0, 0.1) is 11.8 Å². The Bertz CT molecular complexity index is 729. The standard InChI is InChI=1S/C23H33N3O2.ClH/c1-2-28-22(27)18-11-23(25-15-18)12-19(13-23)26-9-7-16(8-10-26)21-20-6-4-3-5-17(20)14-24-21;/h3-6,16,18-19,21,24-25H,2,7-15H2,1H3;1H. The first-order valence-corrected chi connectivity index (χ1v) is 11.1. The molecule has 29 heavy (non-hydrogen) atoms. The number of nitrogens with zero attached hydrogens (tertiary/aromatic N) is 1. The normalized spacial score (nSPS) is 34.4. The number of nitrogens with one attached hydrogen (secondary N) is 2. The minimum Gasteiger partial charge on any atom is -0.466 e. The highest BCUT2D eigenvalue weighted by Crippen LogP contribution is 2.45. The molecule has 0 aromatic heterocycles. The zero-order valence-electron chi connectivity index (χ0n) is 17.4. The van der Waals surface area contributed by atoms with Gasteiger partial charge >= 0.3 is 5.97 Å². The van der Waals surface area contributed by atoms with Crippen LogP contribution in [0.2, 0.25) is 0 Å². The molecule has 2 saturated heterocycles. The van der Waals surface area contributed by atoms with E-state index in [0.29, 0.717) is 18.7 Å². The highest BCUT2D eigenvalue weighted by atomic mass is 35.5. The Hall–Kier alpha value is -1.14. The topological polar surface area (TPSA) is 53.6 Å². The zero-order chi connectivity index (χ0) is 19.1. The van der Waals surface area contributed by atoms with Gasteiger partial charge in [0.25, 0.3) is 0 Å². The second kappa shape index (κ2) is 8.54. The molecule has 2 atom stereocenters. The van der Waals surface area contributed by atoms with Crippen molar-refractivity contribution < 1.29 is 9.53 Å². The number of benzene rings is 1. The lowest BCUT2D eigenvalue weighted by Gasteiger charge is -2.52. The van der Waals surface area contributed by atoms with E-state index in [-0.39, 0.29) is 29.8 Å². The van der Waals surface area contributed by atoms with E-state index in [1.807, 2.05) is 6.92 Å². The van der Waals surface area contributed by atoms with Crippen LogP contribution in [0.25, 0.3) is 0 Å². The summed E-state index contributed by atoms with van der Waals surface area (Å²) in [6.07, 6.45) is 5.92. The molecule has 0 bridgehead atoms. The molecule has 5 nitrogen and oxygen atoms in total. The Morgan fingerprint density at radius 3 is 2.72 bits per heavy atom. The van der Waals surface area contributed by atoms with Crippen LogP contribution < -0.4 is 10.6 Å². The monoisotopic (exact) mass is 419 g/mol. The predicted molar refractivity (Wildman–Crippen MR) is 116 cm³/mol. The van der Waals surface area contributed by atoms with Crippen molar-refractivity contribution in [2.75, 3.05) is 26.2 Å². The van der Waals surface area contributed by atoms with Crippen LogP contribution in [0.3, 0.4) is 0 Å². The summed E-state index contributed by atoms with van der Waals surface area (Å²) in [5.74, 6) is 0.798. The lowest BCUT2D eigenvalue weighted by atomic mass is 9.69. The third-order valence-electron chi connectivity index (χ3n) is 7.70. The Labute approximate surface area is 180 Å². The van der Waals surface area contributed by atoms with E-state index >= 15 is 0 Å². The van der Waals surface area contributed by atoms with E-state index in [9.17, 15) is 4.79 Å². The van der Waals surface area contributed by atoms with Crippen molar-refractivity contribution in [3.63, 3.8) is 0 Å². The van der Waals surface area contributed by atoms with E-state index in [4.69, 9.17) is 4.74 Å². The molecule has 1 aromatic rings. The van der Waals surface area contributed by atoms with Crippen LogP contribution in [0.4, 0.5) is 0 Å². The minimum absolute atomic E-state index is 0. The molecular weight excluding hydrogens is 386 g/mol. The number of fused-ring (bicyclic) bond motifs is 1. The van der Waals surface area contributed by atoms with E-state index in [0.717, 1.165) is 25.4 Å². The molecule has 3 aliphatic heterocycles. The van der Waals surface area contributed by atoms with Crippen LogP contribution in [0.15, 0.2) is 24.3 Å².